The Morgan fingerprint density at radius 3 is 1.65 bits per heavy atom. The molecular weight excluding hydrogens is 239 g/mol. The largest absolute Gasteiger partial charge is 0.0634 e. The van der Waals surface area contributed by atoms with Gasteiger partial charge in [0.2, 0.25) is 0 Å². The molecule has 3 radical (unpaired) electrons. The van der Waals surface area contributed by atoms with Crippen molar-refractivity contribution in [2.24, 2.45) is 0 Å². The minimum Gasteiger partial charge on any atom is -0.0634 e. The standard InChI is InChI=1S/C15H16PSi/c17-13-7-12-16(14-8-3-1-4-9-14)15-10-5-2-6-11-15/h1-6,8-11H,7,12-13H2. The van der Waals surface area contributed by atoms with E-state index in [1.165, 1.54) is 23.2 Å². The van der Waals surface area contributed by atoms with Crippen LogP contribution in [0.2, 0.25) is 6.04 Å². The molecule has 0 unspecified atom stereocenters. The van der Waals surface area contributed by atoms with E-state index in [4.69, 9.17) is 0 Å². The molecule has 85 valence electrons. The van der Waals surface area contributed by atoms with Crippen LogP contribution in [0.4, 0.5) is 0 Å². The topological polar surface area (TPSA) is 0 Å². The van der Waals surface area contributed by atoms with Crippen LogP contribution in [0.25, 0.3) is 0 Å². The Hall–Kier alpha value is -0.913. The van der Waals surface area contributed by atoms with Crippen molar-refractivity contribution in [1.82, 2.24) is 0 Å². The van der Waals surface area contributed by atoms with E-state index in [0.717, 1.165) is 6.04 Å². The summed E-state index contributed by atoms with van der Waals surface area (Å²) in [5.41, 5.74) is 0. The summed E-state index contributed by atoms with van der Waals surface area (Å²) in [5, 5.41) is 2.96. The lowest BCUT2D eigenvalue weighted by Crippen LogP contribution is -2.13. The first-order valence-electron chi connectivity index (χ1n) is 5.94. The Kier molecular flexibility index (Phi) is 4.97. The van der Waals surface area contributed by atoms with Gasteiger partial charge in [-0.1, -0.05) is 73.1 Å². The van der Waals surface area contributed by atoms with Crippen molar-refractivity contribution in [3.63, 3.8) is 0 Å². The molecule has 0 saturated heterocycles. The Balaban J connectivity index is 2.26. The molecule has 0 aliphatic carbocycles. The van der Waals surface area contributed by atoms with Crippen LogP contribution in [0.3, 0.4) is 0 Å². The maximum atomic E-state index is 3.58. The highest BCUT2D eigenvalue weighted by atomic mass is 31.1. The van der Waals surface area contributed by atoms with Gasteiger partial charge in [-0.05, 0) is 24.7 Å². The number of rotatable bonds is 5. The summed E-state index contributed by atoms with van der Waals surface area (Å²) in [6, 6.07) is 22.8. The van der Waals surface area contributed by atoms with E-state index in [1.54, 1.807) is 0 Å². The summed E-state index contributed by atoms with van der Waals surface area (Å²) in [6.45, 7) is 0. The van der Waals surface area contributed by atoms with Crippen LogP contribution in [0.5, 0.6) is 0 Å². The summed E-state index contributed by atoms with van der Waals surface area (Å²) in [6.07, 6.45) is 2.49. The molecule has 0 saturated carbocycles. The zero-order valence-corrected chi connectivity index (χ0v) is 11.7. The third kappa shape index (κ3) is 3.52. The molecule has 0 amide bonds. The van der Waals surface area contributed by atoms with Crippen LogP contribution in [-0.4, -0.2) is 16.4 Å². The fourth-order valence-corrected chi connectivity index (χ4v) is 4.69. The van der Waals surface area contributed by atoms with Crippen molar-refractivity contribution in [3.8, 4) is 0 Å². The molecule has 0 spiro atoms. The van der Waals surface area contributed by atoms with E-state index in [-0.39, 0.29) is 7.92 Å². The highest BCUT2D eigenvalue weighted by molar-refractivity contribution is 7.73. The number of hydrogen-bond donors (Lipinski definition) is 0. The molecule has 17 heavy (non-hydrogen) atoms. The first kappa shape index (κ1) is 12.5. The predicted molar refractivity (Wildman–Crippen MR) is 79.1 cm³/mol. The van der Waals surface area contributed by atoms with E-state index in [1.807, 2.05) is 0 Å². The maximum absolute atomic E-state index is 3.58. The summed E-state index contributed by atoms with van der Waals surface area (Å²) in [5.74, 6) is 0. The molecule has 2 aromatic carbocycles. The van der Waals surface area contributed by atoms with Crippen molar-refractivity contribution < 1.29 is 0 Å². The second kappa shape index (κ2) is 6.73. The molecule has 0 atom stereocenters. The van der Waals surface area contributed by atoms with Gasteiger partial charge in [-0.2, -0.15) is 0 Å². The molecule has 2 aromatic rings. The quantitative estimate of drug-likeness (QED) is 0.569. The van der Waals surface area contributed by atoms with Crippen molar-refractivity contribution in [2.45, 2.75) is 12.5 Å². The van der Waals surface area contributed by atoms with Gasteiger partial charge >= 0.3 is 0 Å². The highest BCUT2D eigenvalue weighted by Crippen LogP contribution is 2.34. The first-order chi connectivity index (χ1) is 8.42. The summed E-state index contributed by atoms with van der Waals surface area (Å²) < 4.78 is 0. The monoisotopic (exact) mass is 255 g/mol. The second-order valence-electron chi connectivity index (χ2n) is 3.93. The molecule has 0 nitrogen and oxygen atoms in total. The predicted octanol–water partition coefficient (Wildman–Crippen LogP) is 3.10. The van der Waals surface area contributed by atoms with Crippen LogP contribution in [0.1, 0.15) is 6.42 Å². The van der Waals surface area contributed by atoms with Gasteiger partial charge in [-0.3, -0.25) is 0 Å². The summed E-state index contributed by atoms with van der Waals surface area (Å²) in [7, 11) is 3.39. The van der Waals surface area contributed by atoms with Gasteiger partial charge in [0.15, 0.2) is 0 Å². The van der Waals surface area contributed by atoms with Crippen LogP contribution in [0, 0.1) is 0 Å². The lowest BCUT2D eigenvalue weighted by atomic mass is 10.4. The normalized spacial score (nSPS) is 10.7. The Bertz CT molecular complexity index is 388. The molecule has 0 N–H and O–H groups in total. The fraction of sp³-hybridized carbons (Fsp3) is 0.200. The molecule has 0 aliphatic rings. The average Bonchev–Trinajstić information content (AvgIpc) is 2.42. The second-order valence-corrected chi connectivity index (χ2v) is 6.76. The molecule has 2 rings (SSSR count). The first-order valence-corrected chi connectivity index (χ1v) is 8.17. The zero-order chi connectivity index (χ0) is 11.9. The van der Waals surface area contributed by atoms with E-state index in [2.05, 4.69) is 70.9 Å². The van der Waals surface area contributed by atoms with Gasteiger partial charge in [0, 0.05) is 10.2 Å². The van der Waals surface area contributed by atoms with E-state index in [0.29, 0.717) is 0 Å². The van der Waals surface area contributed by atoms with Crippen LogP contribution in [0.15, 0.2) is 60.7 Å². The molecule has 0 heterocycles. The van der Waals surface area contributed by atoms with Gasteiger partial charge in [0.05, 0.1) is 0 Å². The van der Waals surface area contributed by atoms with Gasteiger partial charge < -0.3 is 0 Å². The maximum Gasteiger partial charge on any atom is 0.0222 e. The average molecular weight is 255 g/mol. The lowest BCUT2D eigenvalue weighted by Gasteiger charge is -2.18. The molecular formula is C15H16PSi. The minimum absolute atomic E-state index is 0.188. The molecule has 2 heteroatoms. The third-order valence-corrected chi connectivity index (χ3v) is 5.65. The SMILES string of the molecule is [Si]CCCP(c1ccccc1)c1ccccc1. The van der Waals surface area contributed by atoms with E-state index in [9.17, 15) is 0 Å². The Morgan fingerprint density at radius 2 is 1.24 bits per heavy atom. The van der Waals surface area contributed by atoms with E-state index >= 15 is 0 Å². The van der Waals surface area contributed by atoms with E-state index < -0.39 is 0 Å². The third-order valence-electron chi connectivity index (χ3n) is 2.69. The number of hydrogen-bond acceptors (Lipinski definition) is 0. The Morgan fingerprint density at radius 1 is 0.765 bits per heavy atom. The van der Waals surface area contributed by atoms with Crippen molar-refractivity contribution >= 4 is 28.8 Å². The lowest BCUT2D eigenvalue weighted by molar-refractivity contribution is 1.09. The van der Waals surface area contributed by atoms with Crippen molar-refractivity contribution in [3.05, 3.63) is 60.7 Å². The van der Waals surface area contributed by atoms with Gasteiger partial charge in [-0.15, -0.1) is 0 Å². The molecule has 0 aromatic heterocycles. The molecule has 0 fully saturated rings. The number of benzene rings is 2. The highest BCUT2D eigenvalue weighted by Gasteiger charge is 2.11. The molecule has 0 aliphatic heterocycles. The minimum atomic E-state index is -0.188. The zero-order valence-electron chi connectivity index (χ0n) is 9.84. The van der Waals surface area contributed by atoms with Gasteiger partial charge in [-0.25, -0.2) is 0 Å². The molecule has 0 bridgehead atoms. The smallest absolute Gasteiger partial charge is 0.0222 e. The van der Waals surface area contributed by atoms with Crippen molar-refractivity contribution in [2.75, 3.05) is 6.16 Å². The van der Waals surface area contributed by atoms with Gasteiger partial charge in [0.1, 0.15) is 0 Å². The summed E-state index contributed by atoms with van der Waals surface area (Å²) >= 11 is 0. The fourth-order valence-electron chi connectivity index (χ4n) is 1.86. The Labute approximate surface area is 108 Å². The van der Waals surface area contributed by atoms with Crippen LogP contribution < -0.4 is 10.6 Å². The van der Waals surface area contributed by atoms with Crippen molar-refractivity contribution in [1.29, 1.82) is 0 Å². The van der Waals surface area contributed by atoms with Crippen LogP contribution in [-0.2, 0) is 0 Å². The summed E-state index contributed by atoms with van der Waals surface area (Å²) in [4.78, 5) is 0. The van der Waals surface area contributed by atoms with Crippen LogP contribution >= 0.6 is 7.92 Å². The van der Waals surface area contributed by atoms with Gasteiger partial charge in [0.25, 0.3) is 0 Å².